The average molecular weight is 461 g/mol. The zero-order valence-electron chi connectivity index (χ0n) is 19.8. The minimum atomic E-state index is -0.616. The third kappa shape index (κ3) is 3.06. The molecule has 0 aromatic carbocycles. The summed E-state index contributed by atoms with van der Waals surface area (Å²) in [7, 11) is 0. The standard InChI is InChI=1S/C24H33ClN4O3/c1-21(2,3)17-23(18(30)32-22(4,5)6)8-13-7-14(9-23)11-24(17,10-13)29-16-15(27-20(29)31)12-26-19(25)28-16/h12-14,17H,7-11H2,1-6H3,(H,27,31). The van der Waals surface area contributed by atoms with Crippen LogP contribution in [0.2, 0.25) is 5.28 Å². The Labute approximate surface area is 193 Å². The fourth-order valence-corrected chi connectivity index (χ4v) is 8.16. The number of esters is 1. The van der Waals surface area contributed by atoms with Crippen molar-refractivity contribution in [2.24, 2.45) is 28.6 Å². The smallest absolute Gasteiger partial charge is 0.328 e. The van der Waals surface area contributed by atoms with E-state index in [4.69, 9.17) is 16.3 Å². The Morgan fingerprint density at radius 2 is 1.78 bits per heavy atom. The van der Waals surface area contributed by atoms with E-state index in [2.05, 4.69) is 35.7 Å². The second kappa shape index (κ2) is 6.58. The first-order valence-corrected chi connectivity index (χ1v) is 12.0. The van der Waals surface area contributed by atoms with Gasteiger partial charge in [0.15, 0.2) is 5.65 Å². The predicted octanol–water partition coefficient (Wildman–Crippen LogP) is 4.68. The van der Waals surface area contributed by atoms with Crippen molar-refractivity contribution in [3.63, 3.8) is 0 Å². The van der Waals surface area contributed by atoms with Crippen LogP contribution in [-0.2, 0) is 15.1 Å². The Balaban J connectivity index is 1.78. The van der Waals surface area contributed by atoms with Crippen LogP contribution >= 0.6 is 11.6 Å². The highest BCUT2D eigenvalue weighted by Gasteiger charge is 2.71. The van der Waals surface area contributed by atoms with Gasteiger partial charge in [-0.1, -0.05) is 20.8 Å². The molecule has 3 atom stereocenters. The van der Waals surface area contributed by atoms with E-state index in [9.17, 15) is 9.59 Å². The number of ether oxygens (including phenoxy) is 1. The van der Waals surface area contributed by atoms with E-state index in [-0.39, 0.29) is 28.3 Å². The lowest BCUT2D eigenvalue weighted by atomic mass is 9.38. The summed E-state index contributed by atoms with van der Waals surface area (Å²) in [6.45, 7) is 12.4. The number of carbonyl (C=O) groups is 1. The number of halogens is 1. The summed E-state index contributed by atoms with van der Waals surface area (Å²) in [6.07, 6.45) is 6.06. The molecule has 0 aliphatic heterocycles. The van der Waals surface area contributed by atoms with Gasteiger partial charge in [0.05, 0.1) is 17.2 Å². The molecule has 4 bridgehead atoms. The van der Waals surface area contributed by atoms with E-state index >= 15 is 0 Å². The lowest BCUT2D eigenvalue weighted by molar-refractivity contribution is -0.223. The van der Waals surface area contributed by atoms with Gasteiger partial charge in [-0.2, -0.15) is 4.98 Å². The first kappa shape index (κ1) is 21.9. The molecule has 174 valence electrons. The number of fused-ring (bicyclic) bond motifs is 1. The van der Waals surface area contributed by atoms with Crippen LogP contribution in [-0.4, -0.2) is 31.1 Å². The molecule has 0 saturated heterocycles. The zero-order chi connectivity index (χ0) is 23.3. The molecule has 2 aromatic rings. The SMILES string of the molecule is CC(C)(C)OC(=O)C12CC3CC(C1)CC(n1c(=O)[nH]c4cnc(Cl)nc41)(C3)C2C(C)(C)C. The van der Waals surface area contributed by atoms with Crippen molar-refractivity contribution >= 4 is 28.7 Å². The molecule has 2 aromatic heterocycles. The van der Waals surface area contributed by atoms with Crippen molar-refractivity contribution in [1.82, 2.24) is 19.5 Å². The summed E-state index contributed by atoms with van der Waals surface area (Å²) in [5, 5.41) is 0.115. The monoisotopic (exact) mass is 460 g/mol. The number of aromatic nitrogens is 4. The number of aromatic amines is 1. The molecule has 2 heterocycles. The van der Waals surface area contributed by atoms with Gasteiger partial charge in [-0.05, 0) is 81.7 Å². The van der Waals surface area contributed by atoms with E-state index in [0.29, 0.717) is 23.0 Å². The van der Waals surface area contributed by atoms with Gasteiger partial charge in [0.1, 0.15) is 11.1 Å². The fraction of sp³-hybridized carbons (Fsp3) is 0.750. The van der Waals surface area contributed by atoms with Crippen LogP contribution in [0.15, 0.2) is 11.0 Å². The number of H-pyrrole nitrogens is 1. The van der Waals surface area contributed by atoms with Gasteiger partial charge in [0.2, 0.25) is 5.28 Å². The minimum absolute atomic E-state index is 0.0735. The molecule has 0 amide bonds. The first-order valence-electron chi connectivity index (χ1n) is 11.6. The second-order valence-electron chi connectivity index (χ2n) is 12.5. The van der Waals surface area contributed by atoms with Crippen molar-refractivity contribution in [2.45, 2.75) is 84.8 Å². The predicted molar refractivity (Wildman–Crippen MR) is 122 cm³/mol. The minimum Gasteiger partial charge on any atom is -0.460 e. The van der Waals surface area contributed by atoms with Gasteiger partial charge in [-0.25, -0.2) is 9.78 Å². The molecule has 3 unspecified atom stereocenters. The van der Waals surface area contributed by atoms with Crippen molar-refractivity contribution in [3.8, 4) is 0 Å². The van der Waals surface area contributed by atoms with Crippen LogP contribution in [0.1, 0.15) is 73.6 Å². The van der Waals surface area contributed by atoms with Gasteiger partial charge < -0.3 is 9.72 Å². The highest BCUT2D eigenvalue weighted by Crippen LogP contribution is 2.71. The third-order valence-corrected chi connectivity index (χ3v) is 8.04. The van der Waals surface area contributed by atoms with Crippen molar-refractivity contribution in [2.75, 3.05) is 0 Å². The van der Waals surface area contributed by atoms with Crippen LogP contribution in [0, 0.1) is 28.6 Å². The summed E-state index contributed by atoms with van der Waals surface area (Å²) in [5.41, 5.74) is -1.02. The zero-order valence-corrected chi connectivity index (χ0v) is 20.5. The van der Waals surface area contributed by atoms with Crippen LogP contribution in [0.4, 0.5) is 0 Å². The maximum absolute atomic E-state index is 13.9. The molecule has 32 heavy (non-hydrogen) atoms. The lowest BCUT2D eigenvalue weighted by Crippen LogP contribution is -2.69. The number of carbonyl (C=O) groups excluding carboxylic acids is 1. The summed E-state index contributed by atoms with van der Waals surface area (Å²) < 4.78 is 7.90. The first-order chi connectivity index (χ1) is 14.8. The molecule has 4 aliphatic rings. The molecule has 0 radical (unpaired) electrons. The fourth-order valence-electron chi connectivity index (χ4n) is 8.03. The second-order valence-corrected chi connectivity index (χ2v) is 12.8. The van der Waals surface area contributed by atoms with Crippen LogP contribution in [0.3, 0.4) is 0 Å². The van der Waals surface area contributed by atoms with Crippen molar-refractivity contribution < 1.29 is 9.53 Å². The Morgan fingerprint density at radius 1 is 1.16 bits per heavy atom. The van der Waals surface area contributed by atoms with E-state index in [0.717, 1.165) is 32.1 Å². The molecule has 4 aliphatic carbocycles. The van der Waals surface area contributed by atoms with E-state index in [1.54, 1.807) is 6.20 Å². The van der Waals surface area contributed by atoms with Crippen molar-refractivity contribution in [3.05, 3.63) is 22.0 Å². The van der Waals surface area contributed by atoms with Gasteiger partial charge in [-0.15, -0.1) is 0 Å². The molecule has 1 N–H and O–H groups in total. The Hall–Kier alpha value is -1.89. The highest BCUT2D eigenvalue weighted by molar-refractivity contribution is 6.28. The van der Waals surface area contributed by atoms with E-state index < -0.39 is 16.6 Å². The number of hydrogen-bond donors (Lipinski definition) is 1. The maximum Gasteiger partial charge on any atom is 0.328 e. The van der Waals surface area contributed by atoms with Crippen LogP contribution in [0.5, 0.6) is 0 Å². The molecule has 6 rings (SSSR count). The highest BCUT2D eigenvalue weighted by atomic mass is 35.5. The largest absolute Gasteiger partial charge is 0.460 e. The summed E-state index contributed by atoms with van der Waals surface area (Å²) in [5.74, 6) is 0.574. The topological polar surface area (TPSA) is 89.9 Å². The normalized spacial score (nSPS) is 34.3. The Bertz CT molecular complexity index is 1140. The molecule has 7 nitrogen and oxygen atoms in total. The number of imidazole rings is 1. The van der Waals surface area contributed by atoms with Gasteiger partial charge >= 0.3 is 11.7 Å². The molecule has 4 fully saturated rings. The number of hydrogen-bond acceptors (Lipinski definition) is 5. The van der Waals surface area contributed by atoms with E-state index in [1.165, 1.54) is 0 Å². The molecule has 0 spiro atoms. The number of rotatable bonds is 2. The number of nitrogens with one attached hydrogen (secondary N) is 1. The van der Waals surface area contributed by atoms with Crippen LogP contribution in [0.25, 0.3) is 11.2 Å². The quantitative estimate of drug-likeness (QED) is 0.519. The van der Waals surface area contributed by atoms with Gasteiger partial charge in [-0.3, -0.25) is 9.36 Å². The lowest BCUT2D eigenvalue weighted by Gasteiger charge is -2.68. The van der Waals surface area contributed by atoms with Gasteiger partial charge in [0, 0.05) is 5.92 Å². The maximum atomic E-state index is 13.9. The summed E-state index contributed by atoms with van der Waals surface area (Å²) in [4.78, 5) is 38.8. The molecule has 8 heteroatoms. The third-order valence-electron chi connectivity index (χ3n) is 7.86. The van der Waals surface area contributed by atoms with Crippen LogP contribution < -0.4 is 5.69 Å². The van der Waals surface area contributed by atoms with Crippen molar-refractivity contribution in [1.29, 1.82) is 0 Å². The number of nitrogens with zero attached hydrogens (tertiary/aromatic N) is 3. The molecule has 4 saturated carbocycles. The average Bonchev–Trinajstić information content (AvgIpc) is 2.93. The Kier molecular flexibility index (Phi) is 4.51. The molecular weight excluding hydrogens is 428 g/mol. The summed E-state index contributed by atoms with van der Waals surface area (Å²) in [6, 6.07) is 0. The van der Waals surface area contributed by atoms with Gasteiger partial charge in [0.25, 0.3) is 0 Å². The molecular formula is C24H33ClN4O3. The Morgan fingerprint density at radius 3 is 2.34 bits per heavy atom. The summed E-state index contributed by atoms with van der Waals surface area (Å²) >= 11 is 6.16. The van der Waals surface area contributed by atoms with E-state index in [1.807, 2.05) is 25.3 Å².